The molecule has 1 aromatic carbocycles. The average Bonchev–Trinajstić information content (AvgIpc) is 2.12. The van der Waals surface area contributed by atoms with Gasteiger partial charge in [-0.2, -0.15) is 0 Å². The molecule has 0 N–H and O–H groups in total. The van der Waals surface area contributed by atoms with Crippen molar-refractivity contribution in [2.24, 2.45) is 0 Å². The fourth-order valence-corrected chi connectivity index (χ4v) is 1.74. The number of nitrogens with zero attached hydrogens (tertiary/aromatic N) is 1. The van der Waals surface area contributed by atoms with E-state index in [0.717, 1.165) is 5.39 Å². The molecule has 1 nitrogen and oxygen atoms in total. The van der Waals surface area contributed by atoms with Crippen LogP contribution in [0.25, 0.3) is 10.9 Å². The minimum atomic E-state index is -0.295. The molecule has 66 valence electrons. The summed E-state index contributed by atoms with van der Waals surface area (Å²) in [6.45, 7) is 0. The van der Waals surface area contributed by atoms with Crippen molar-refractivity contribution in [3.8, 4) is 0 Å². The van der Waals surface area contributed by atoms with E-state index in [2.05, 4.69) is 20.9 Å². The molecule has 0 aliphatic rings. The van der Waals surface area contributed by atoms with E-state index in [-0.39, 0.29) is 5.82 Å². The Hall–Kier alpha value is -0.670. The first-order chi connectivity index (χ1) is 6.18. The third kappa shape index (κ3) is 1.54. The quantitative estimate of drug-likeness (QED) is 0.657. The molecule has 0 bridgehead atoms. The van der Waals surface area contributed by atoms with Crippen molar-refractivity contribution in [1.82, 2.24) is 4.98 Å². The number of hydrogen-bond donors (Lipinski definition) is 0. The second-order valence-electron chi connectivity index (χ2n) is 2.56. The van der Waals surface area contributed by atoms with Gasteiger partial charge < -0.3 is 0 Å². The van der Waals surface area contributed by atoms with Crippen LogP contribution in [0.1, 0.15) is 0 Å². The first-order valence-electron chi connectivity index (χ1n) is 3.59. The standard InChI is InChI=1S/C9H4BrClFN/c10-9-5-1-4-8(11)13-7(5)3-2-6(9)12/h1-4H. The van der Waals surface area contributed by atoms with Gasteiger partial charge in [-0.3, -0.25) is 0 Å². The number of pyridine rings is 1. The summed E-state index contributed by atoms with van der Waals surface area (Å²) in [6.07, 6.45) is 0. The highest BCUT2D eigenvalue weighted by Crippen LogP contribution is 2.26. The maximum absolute atomic E-state index is 13.0. The maximum Gasteiger partial charge on any atom is 0.138 e. The topological polar surface area (TPSA) is 12.9 Å². The second-order valence-corrected chi connectivity index (χ2v) is 3.74. The number of rotatable bonds is 0. The van der Waals surface area contributed by atoms with Crippen LogP contribution < -0.4 is 0 Å². The number of benzene rings is 1. The number of aromatic nitrogens is 1. The molecule has 13 heavy (non-hydrogen) atoms. The molecular formula is C9H4BrClFN. The van der Waals surface area contributed by atoms with E-state index in [1.165, 1.54) is 6.07 Å². The highest BCUT2D eigenvalue weighted by Gasteiger charge is 2.05. The number of fused-ring (bicyclic) bond motifs is 1. The molecule has 1 heterocycles. The summed E-state index contributed by atoms with van der Waals surface area (Å²) in [5, 5.41) is 1.13. The minimum Gasteiger partial charge on any atom is -0.236 e. The van der Waals surface area contributed by atoms with E-state index in [0.29, 0.717) is 15.1 Å². The zero-order valence-corrected chi connectivity index (χ0v) is 8.73. The van der Waals surface area contributed by atoms with Gasteiger partial charge in [0.15, 0.2) is 0 Å². The Labute approximate surface area is 87.7 Å². The first-order valence-corrected chi connectivity index (χ1v) is 4.76. The predicted octanol–water partition coefficient (Wildman–Crippen LogP) is 3.79. The molecule has 0 amide bonds. The van der Waals surface area contributed by atoms with E-state index < -0.39 is 0 Å². The third-order valence-electron chi connectivity index (χ3n) is 1.72. The lowest BCUT2D eigenvalue weighted by molar-refractivity contribution is 0.623. The third-order valence-corrected chi connectivity index (χ3v) is 2.74. The fourth-order valence-electron chi connectivity index (χ4n) is 1.12. The summed E-state index contributed by atoms with van der Waals surface area (Å²) in [5.74, 6) is -0.295. The van der Waals surface area contributed by atoms with Crippen LogP contribution in [0.2, 0.25) is 5.15 Å². The fraction of sp³-hybridized carbons (Fsp3) is 0. The normalized spacial score (nSPS) is 10.7. The number of halogens is 3. The zero-order chi connectivity index (χ0) is 9.42. The van der Waals surface area contributed by atoms with Crippen LogP contribution >= 0.6 is 27.5 Å². The summed E-state index contributed by atoms with van der Waals surface area (Å²) in [4.78, 5) is 4.05. The molecule has 0 atom stereocenters. The van der Waals surface area contributed by atoms with E-state index in [1.54, 1.807) is 18.2 Å². The van der Waals surface area contributed by atoms with Gasteiger partial charge in [0.1, 0.15) is 11.0 Å². The van der Waals surface area contributed by atoms with Crippen LogP contribution in [0.3, 0.4) is 0 Å². The summed E-state index contributed by atoms with van der Waals surface area (Å²) >= 11 is 8.84. The van der Waals surface area contributed by atoms with Crippen molar-refractivity contribution in [2.45, 2.75) is 0 Å². The average molecular weight is 260 g/mol. The molecule has 0 spiro atoms. The lowest BCUT2D eigenvalue weighted by Gasteiger charge is -2.00. The van der Waals surface area contributed by atoms with Gasteiger partial charge in [-0.25, -0.2) is 9.37 Å². The Balaban J connectivity index is 2.87. The Morgan fingerprint density at radius 3 is 2.77 bits per heavy atom. The van der Waals surface area contributed by atoms with E-state index in [9.17, 15) is 4.39 Å². The minimum absolute atomic E-state index is 0.295. The summed E-state index contributed by atoms with van der Waals surface area (Å²) in [6, 6.07) is 6.32. The Kier molecular flexibility index (Phi) is 2.22. The molecule has 2 rings (SSSR count). The second kappa shape index (κ2) is 3.24. The molecule has 0 radical (unpaired) electrons. The van der Waals surface area contributed by atoms with Crippen LogP contribution in [0.5, 0.6) is 0 Å². The Morgan fingerprint density at radius 1 is 1.23 bits per heavy atom. The predicted molar refractivity (Wildman–Crippen MR) is 54.4 cm³/mol. The smallest absolute Gasteiger partial charge is 0.138 e. The molecule has 0 aliphatic heterocycles. The van der Waals surface area contributed by atoms with Gasteiger partial charge in [0, 0.05) is 5.39 Å². The molecule has 0 fully saturated rings. The summed E-state index contributed by atoms with van der Waals surface area (Å²) < 4.78 is 13.5. The maximum atomic E-state index is 13.0. The van der Waals surface area contributed by atoms with Gasteiger partial charge in [0.25, 0.3) is 0 Å². The molecule has 0 saturated heterocycles. The molecule has 0 unspecified atom stereocenters. The Bertz CT molecular complexity index is 472. The summed E-state index contributed by atoms with van der Waals surface area (Å²) in [7, 11) is 0. The van der Waals surface area contributed by atoms with Crippen LogP contribution in [0.4, 0.5) is 4.39 Å². The molecular weight excluding hydrogens is 256 g/mol. The van der Waals surface area contributed by atoms with Gasteiger partial charge in [0.2, 0.25) is 0 Å². The first kappa shape index (κ1) is 8.91. The van der Waals surface area contributed by atoms with Gasteiger partial charge in [-0.05, 0) is 40.2 Å². The SMILES string of the molecule is Fc1ccc2nc(Cl)ccc2c1Br. The molecule has 2 aromatic rings. The van der Waals surface area contributed by atoms with Gasteiger partial charge in [-0.1, -0.05) is 11.6 Å². The molecule has 0 aliphatic carbocycles. The largest absolute Gasteiger partial charge is 0.236 e. The van der Waals surface area contributed by atoms with Crippen molar-refractivity contribution in [1.29, 1.82) is 0 Å². The number of hydrogen-bond acceptors (Lipinski definition) is 1. The van der Waals surface area contributed by atoms with Gasteiger partial charge >= 0.3 is 0 Å². The molecule has 4 heteroatoms. The van der Waals surface area contributed by atoms with Gasteiger partial charge in [0.05, 0.1) is 9.99 Å². The lowest BCUT2D eigenvalue weighted by Crippen LogP contribution is -1.83. The van der Waals surface area contributed by atoms with Crippen molar-refractivity contribution >= 4 is 38.4 Å². The highest BCUT2D eigenvalue weighted by atomic mass is 79.9. The van der Waals surface area contributed by atoms with Crippen molar-refractivity contribution in [3.05, 3.63) is 39.7 Å². The van der Waals surface area contributed by atoms with Crippen LogP contribution in [0.15, 0.2) is 28.7 Å². The van der Waals surface area contributed by atoms with Crippen LogP contribution in [-0.2, 0) is 0 Å². The van der Waals surface area contributed by atoms with Crippen molar-refractivity contribution in [2.75, 3.05) is 0 Å². The van der Waals surface area contributed by atoms with Crippen LogP contribution in [0, 0.1) is 5.82 Å². The molecule has 0 saturated carbocycles. The Morgan fingerprint density at radius 2 is 2.00 bits per heavy atom. The van der Waals surface area contributed by atoms with Crippen LogP contribution in [-0.4, -0.2) is 4.98 Å². The van der Waals surface area contributed by atoms with Gasteiger partial charge in [-0.15, -0.1) is 0 Å². The monoisotopic (exact) mass is 259 g/mol. The van der Waals surface area contributed by atoms with Crippen molar-refractivity contribution in [3.63, 3.8) is 0 Å². The lowest BCUT2D eigenvalue weighted by atomic mass is 10.2. The summed E-state index contributed by atoms with van der Waals surface area (Å²) in [5.41, 5.74) is 0.681. The highest BCUT2D eigenvalue weighted by molar-refractivity contribution is 9.10. The van der Waals surface area contributed by atoms with E-state index in [4.69, 9.17) is 11.6 Å². The van der Waals surface area contributed by atoms with Crippen molar-refractivity contribution < 1.29 is 4.39 Å². The zero-order valence-electron chi connectivity index (χ0n) is 6.39. The van der Waals surface area contributed by atoms with E-state index in [1.807, 2.05) is 0 Å². The van der Waals surface area contributed by atoms with E-state index >= 15 is 0 Å². The molecule has 1 aromatic heterocycles.